The van der Waals surface area contributed by atoms with Gasteiger partial charge < -0.3 is 15.7 Å². The average Bonchev–Trinajstić information content (AvgIpc) is 2.74. The first-order valence-electron chi connectivity index (χ1n) is 6.58. The summed E-state index contributed by atoms with van der Waals surface area (Å²) in [5.74, 6) is 0.424. The van der Waals surface area contributed by atoms with Gasteiger partial charge in [0.25, 0.3) is 0 Å². The largest absolute Gasteiger partial charge is 0.394 e. The highest BCUT2D eigenvalue weighted by Gasteiger charge is 2.15. The molecule has 0 aliphatic heterocycles. The minimum atomic E-state index is -0.268. The van der Waals surface area contributed by atoms with Gasteiger partial charge in [0, 0.05) is 18.8 Å². The molecule has 6 heteroatoms. The first-order chi connectivity index (χ1) is 8.92. The van der Waals surface area contributed by atoms with Crippen molar-refractivity contribution in [2.75, 3.05) is 6.61 Å². The Morgan fingerprint density at radius 1 is 1.42 bits per heavy atom. The maximum absolute atomic E-state index is 11.8. The first kappa shape index (κ1) is 15.5. The lowest BCUT2D eigenvalue weighted by Crippen LogP contribution is -2.45. The van der Waals surface area contributed by atoms with Crippen molar-refractivity contribution in [2.24, 2.45) is 13.0 Å². The molecular formula is C13H24N4O2. The number of nitrogens with one attached hydrogen (secondary N) is 2. The molecule has 1 aromatic heterocycles. The molecule has 3 N–H and O–H groups in total. The van der Waals surface area contributed by atoms with E-state index in [1.807, 2.05) is 20.2 Å². The molecule has 2 atom stereocenters. The third-order valence-corrected chi connectivity index (χ3v) is 2.88. The van der Waals surface area contributed by atoms with Gasteiger partial charge in [0.1, 0.15) is 0 Å². The second-order valence-electron chi connectivity index (χ2n) is 5.30. The number of hydrogen-bond donors (Lipinski definition) is 3. The molecule has 0 radical (unpaired) electrons. The Labute approximate surface area is 114 Å². The fourth-order valence-electron chi connectivity index (χ4n) is 1.92. The van der Waals surface area contributed by atoms with Crippen LogP contribution in [0.25, 0.3) is 0 Å². The van der Waals surface area contributed by atoms with Crippen molar-refractivity contribution >= 4 is 6.03 Å². The molecule has 0 bridgehead atoms. The first-order valence-corrected chi connectivity index (χ1v) is 6.58. The predicted molar refractivity (Wildman–Crippen MR) is 73.6 cm³/mol. The Morgan fingerprint density at radius 3 is 2.58 bits per heavy atom. The van der Waals surface area contributed by atoms with Gasteiger partial charge in [0.05, 0.1) is 24.9 Å². The van der Waals surface area contributed by atoms with Gasteiger partial charge in [-0.1, -0.05) is 13.8 Å². The van der Waals surface area contributed by atoms with Gasteiger partial charge in [-0.2, -0.15) is 5.10 Å². The van der Waals surface area contributed by atoms with E-state index in [4.69, 9.17) is 0 Å². The molecular weight excluding hydrogens is 244 g/mol. The van der Waals surface area contributed by atoms with Crippen LogP contribution in [0.5, 0.6) is 0 Å². The van der Waals surface area contributed by atoms with Crippen molar-refractivity contribution in [1.29, 1.82) is 0 Å². The molecule has 2 amide bonds. The molecule has 0 aliphatic carbocycles. The number of carbonyl (C=O) groups is 1. The fourth-order valence-corrected chi connectivity index (χ4v) is 1.92. The Morgan fingerprint density at radius 2 is 2.11 bits per heavy atom. The third kappa shape index (κ3) is 5.30. The smallest absolute Gasteiger partial charge is 0.315 e. The monoisotopic (exact) mass is 268 g/mol. The van der Waals surface area contributed by atoms with Gasteiger partial charge in [-0.3, -0.25) is 4.68 Å². The Balaban J connectivity index is 2.45. The summed E-state index contributed by atoms with van der Waals surface area (Å²) in [5, 5.41) is 18.9. The quantitative estimate of drug-likeness (QED) is 0.725. The zero-order valence-corrected chi connectivity index (χ0v) is 12.1. The summed E-state index contributed by atoms with van der Waals surface area (Å²) in [5.41, 5.74) is 0.946. The Bertz CT molecular complexity index is 403. The topological polar surface area (TPSA) is 79.2 Å². The van der Waals surface area contributed by atoms with E-state index in [0.29, 0.717) is 5.92 Å². The van der Waals surface area contributed by atoms with Gasteiger partial charge in [-0.15, -0.1) is 0 Å². The van der Waals surface area contributed by atoms with Gasteiger partial charge >= 0.3 is 6.03 Å². The van der Waals surface area contributed by atoms with Crippen LogP contribution in [0.4, 0.5) is 4.79 Å². The molecule has 0 aliphatic rings. The summed E-state index contributed by atoms with van der Waals surface area (Å²) in [7, 11) is 1.83. The van der Waals surface area contributed by atoms with Crippen LogP contribution in [0.15, 0.2) is 12.4 Å². The molecule has 0 saturated heterocycles. The number of carbonyl (C=O) groups excluding carboxylic acids is 1. The predicted octanol–water partition coefficient (Wildman–Crippen LogP) is 1.19. The van der Waals surface area contributed by atoms with Crippen LogP contribution in [-0.4, -0.2) is 33.6 Å². The summed E-state index contributed by atoms with van der Waals surface area (Å²) in [6.45, 7) is 5.96. The molecule has 1 heterocycles. The van der Waals surface area contributed by atoms with Crippen molar-refractivity contribution in [1.82, 2.24) is 20.4 Å². The van der Waals surface area contributed by atoms with E-state index in [1.165, 1.54) is 0 Å². The van der Waals surface area contributed by atoms with E-state index < -0.39 is 0 Å². The van der Waals surface area contributed by atoms with E-state index in [-0.39, 0.29) is 24.7 Å². The summed E-state index contributed by atoms with van der Waals surface area (Å²) >= 11 is 0. The highest BCUT2D eigenvalue weighted by atomic mass is 16.3. The maximum atomic E-state index is 11.8. The van der Waals surface area contributed by atoms with Gasteiger partial charge in [-0.25, -0.2) is 4.79 Å². The van der Waals surface area contributed by atoms with Crippen molar-refractivity contribution in [3.05, 3.63) is 18.0 Å². The van der Waals surface area contributed by atoms with Gasteiger partial charge in [0.15, 0.2) is 0 Å². The van der Waals surface area contributed by atoms with Crippen LogP contribution in [0.1, 0.15) is 38.8 Å². The van der Waals surface area contributed by atoms with Crippen LogP contribution in [-0.2, 0) is 7.05 Å². The SMILES string of the molecule is CC(C)CC(CO)NC(=O)NC(C)c1cnn(C)c1. The molecule has 6 nitrogen and oxygen atoms in total. The number of hydrogen-bond acceptors (Lipinski definition) is 3. The fraction of sp³-hybridized carbons (Fsp3) is 0.692. The van der Waals surface area contributed by atoms with Gasteiger partial charge in [-0.05, 0) is 19.3 Å². The number of aliphatic hydroxyl groups excluding tert-OH is 1. The van der Waals surface area contributed by atoms with E-state index in [9.17, 15) is 9.90 Å². The molecule has 19 heavy (non-hydrogen) atoms. The normalized spacial score (nSPS) is 14.2. The van der Waals surface area contributed by atoms with E-state index in [2.05, 4.69) is 29.6 Å². The van der Waals surface area contributed by atoms with Crippen LogP contribution in [0.3, 0.4) is 0 Å². The van der Waals surface area contributed by atoms with Crippen LogP contribution < -0.4 is 10.6 Å². The standard InChI is InChI=1S/C13H24N4O2/c1-9(2)5-12(8-18)16-13(19)15-10(3)11-6-14-17(4)7-11/h6-7,9-10,12,18H,5,8H2,1-4H3,(H2,15,16,19). The van der Waals surface area contributed by atoms with Crippen LogP contribution in [0.2, 0.25) is 0 Å². The van der Waals surface area contributed by atoms with E-state index in [1.54, 1.807) is 10.9 Å². The summed E-state index contributed by atoms with van der Waals surface area (Å²) in [4.78, 5) is 11.8. The highest BCUT2D eigenvalue weighted by molar-refractivity contribution is 5.74. The zero-order valence-electron chi connectivity index (χ0n) is 12.1. The van der Waals surface area contributed by atoms with E-state index in [0.717, 1.165) is 12.0 Å². The lowest BCUT2D eigenvalue weighted by atomic mass is 10.0. The molecule has 0 fully saturated rings. The lowest BCUT2D eigenvalue weighted by Gasteiger charge is -2.20. The molecule has 0 aromatic carbocycles. The molecule has 0 spiro atoms. The second kappa shape index (κ2) is 7.13. The summed E-state index contributed by atoms with van der Waals surface area (Å²) in [6.07, 6.45) is 4.34. The second-order valence-corrected chi connectivity index (χ2v) is 5.30. The van der Waals surface area contributed by atoms with Crippen LogP contribution in [0, 0.1) is 5.92 Å². The number of aromatic nitrogens is 2. The molecule has 0 saturated carbocycles. The third-order valence-electron chi connectivity index (χ3n) is 2.88. The Kier molecular flexibility index (Phi) is 5.82. The maximum Gasteiger partial charge on any atom is 0.315 e. The van der Waals surface area contributed by atoms with E-state index >= 15 is 0 Å². The number of rotatable bonds is 6. The molecule has 2 unspecified atom stereocenters. The molecule has 1 rings (SSSR count). The number of aliphatic hydroxyl groups is 1. The minimum Gasteiger partial charge on any atom is -0.394 e. The van der Waals surface area contributed by atoms with Crippen molar-refractivity contribution < 1.29 is 9.90 Å². The van der Waals surface area contributed by atoms with Crippen LogP contribution >= 0.6 is 0 Å². The number of urea groups is 1. The van der Waals surface area contributed by atoms with Crippen molar-refractivity contribution in [2.45, 2.75) is 39.3 Å². The average molecular weight is 268 g/mol. The Hall–Kier alpha value is -1.56. The zero-order chi connectivity index (χ0) is 14.4. The number of aryl methyl sites for hydroxylation is 1. The molecule has 1 aromatic rings. The summed E-state index contributed by atoms with van der Waals surface area (Å²) in [6, 6.07) is -0.593. The number of nitrogens with zero attached hydrogens (tertiary/aromatic N) is 2. The minimum absolute atomic E-state index is 0.0487. The highest BCUT2D eigenvalue weighted by Crippen LogP contribution is 2.10. The molecule has 108 valence electrons. The van der Waals surface area contributed by atoms with Crippen molar-refractivity contribution in [3.8, 4) is 0 Å². The van der Waals surface area contributed by atoms with Gasteiger partial charge in [0.2, 0.25) is 0 Å². The lowest BCUT2D eigenvalue weighted by molar-refractivity contribution is 0.205. The number of amides is 2. The summed E-state index contributed by atoms with van der Waals surface area (Å²) < 4.78 is 1.70. The van der Waals surface area contributed by atoms with Crippen molar-refractivity contribution in [3.63, 3.8) is 0 Å².